The lowest BCUT2D eigenvalue weighted by Gasteiger charge is -2.14. The van der Waals surface area contributed by atoms with E-state index in [1.807, 2.05) is 0 Å². The topological polar surface area (TPSA) is 124 Å². The summed E-state index contributed by atoms with van der Waals surface area (Å²) in [7, 11) is 0. The smallest absolute Gasteiger partial charge is 0.247 e. The molecule has 0 bridgehead atoms. The highest BCUT2D eigenvalue weighted by atomic mass is 32.1. The average Bonchev–Trinajstić information content (AvgIpc) is 2.22. The largest absolute Gasteiger partial charge is 0.399 e. The second-order valence-electron chi connectivity index (χ2n) is 3.24. The van der Waals surface area contributed by atoms with E-state index in [4.69, 9.17) is 23.0 Å². The number of amides is 1. The van der Waals surface area contributed by atoms with Crippen molar-refractivity contribution in [1.29, 1.82) is 0 Å². The number of nitrogen functional groups attached to an aromatic ring is 2. The number of nitrogens with zero attached hydrogens (tertiary/aromatic N) is 1. The summed E-state index contributed by atoms with van der Waals surface area (Å²) >= 11 is 4.57. The van der Waals surface area contributed by atoms with Gasteiger partial charge < -0.3 is 17.2 Å². The molecule has 0 aliphatic heterocycles. The standard InChI is InChI=1S/C9H13N5OS/c10-6-1-2-7(11)5(3-6)4-8(15)14(13)9(12)16/h1-3H,4,10-11,13H2,(H2,12,16). The van der Waals surface area contributed by atoms with Crippen molar-refractivity contribution in [3.8, 4) is 0 Å². The van der Waals surface area contributed by atoms with Crippen molar-refractivity contribution in [2.24, 2.45) is 11.6 Å². The molecule has 1 aromatic carbocycles. The molecule has 0 saturated heterocycles. The van der Waals surface area contributed by atoms with Gasteiger partial charge in [-0.15, -0.1) is 0 Å². The Morgan fingerprint density at radius 1 is 1.38 bits per heavy atom. The number of hydrogen-bond donors (Lipinski definition) is 4. The minimum atomic E-state index is -0.440. The van der Waals surface area contributed by atoms with Crippen LogP contribution in [0.15, 0.2) is 18.2 Å². The zero-order chi connectivity index (χ0) is 12.3. The van der Waals surface area contributed by atoms with Gasteiger partial charge in [0.1, 0.15) is 0 Å². The molecule has 16 heavy (non-hydrogen) atoms. The zero-order valence-corrected chi connectivity index (χ0v) is 9.33. The highest BCUT2D eigenvalue weighted by Gasteiger charge is 2.14. The Hall–Kier alpha value is -1.86. The monoisotopic (exact) mass is 239 g/mol. The number of hydrazine groups is 1. The summed E-state index contributed by atoms with van der Waals surface area (Å²) in [6.45, 7) is 0. The predicted octanol–water partition coefficient (Wildman–Crippen LogP) is -0.661. The Kier molecular flexibility index (Phi) is 3.64. The molecular weight excluding hydrogens is 226 g/mol. The lowest BCUT2D eigenvalue weighted by atomic mass is 10.1. The molecule has 0 aromatic heterocycles. The van der Waals surface area contributed by atoms with Crippen molar-refractivity contribution in [2.45, 2.75) is 6.42 Å². The lowest BCUT2D eigenvalue weighted by Crippen LogP contribution is -2.46. The molecule has 0 saturated carbocycles. The molecule has 7 heteroatoms. The molecule has 1 aromatic rings. The second kappa shape index (κ2) is 4.77. The van der Waals surface area contributed by atoms with Crippen LogP contribution in [0.4, 0.5) is 11.4 Å². The molecule has 8 N–H and O–H groups in total. The molecule has 0 aliphatic rings. The number of anilines is 2. The summed E-state index contributed by atoms with van der Waals surface area (Å²) < 4.78 is 0. The van der Waals surface area contributed by atoms with Crippen molar-refractivity contribution in [3.63, 3.8) is 0 Å². The van der Waals surface area contributed by atoms with E-state index in [9.17, 15) is 4.79 Å². The van der Waals surface area contributed by atoms with E-state index in [1.54, 1.807) is 18.2 Å². The summed E-state index contributed by atoms with van der Waals surface area (Å²) in [5, 5.41) is 0.519. The summed E-state index contributed by atoms with van der Waals surface area (Å²) in [5.74, 6) is 4.90. The minimum absolute atomic E-state index is 0.00468. The Balaban J connectivity index is 2.84. The van der Waals surface area contributed by atoms with Crippen molar-refractivity contribution >= 4 is 34.6 Å². The highest BCUT2D eigenvalue weighted by Crippen LogP contribution is 2.16. The maximum Gasteiger partial charge on any atom is 0.247 e. The van der Waals surface area contributed by atoms with Crippen LogP contribution in [0.25, 0.3) is 0 Å². The molecule has 0 fully saturated rings. The summed E-state index contributed by atoms with van der Waals surface area (Å²) in [5.41, 5.74) is 18.1. The van der Waals surface area contributed by atoms with Crippen LogP contribution in [0.1, 0.15) is 5.56 Å². The van der Waals surface area contributed by atoms with Crippen LogP contribution in [0.3, 0.4) is 0 Å². The summed E-state index contributed by atoms with van der Waals surface area (Å²) in [6.07, 6.45) is 0.00468. The van der Waals surface area contributed by atoms with Crippen molar-refractivity contribution in [3.05, 3.63) is 23.8 Å². The Morgan fingerprint density at radius 3 is 2.56 bits per heavy atom. The van der Waals surface area contributed by atoms with Gasteiger partial charge in [0.15, 0.2) is 5.11 Å². The Morgan fingerprint density at radius 2 is 2.00 bits per heavy atom. The minimum Gasteiger partial charge on any atom is -0.399 e. The molecule has 0 unspecified atom stereocenters. The normalized spacial score (nSPS) is 9.81. The Bertz CT molecular complexity index is 434. The van der Waals surface area contributed by atoms with Crippen LogP contribution >= 0.6 is 12.2 Å². The van der Waals surface area contributed by atoms with Crippen LogP contribution in [-0.4, -0.2) is 16.0 Å². The first-order valence-corrected chi connectivity index (χ1v) is 4.83. The van der Waals surface area contributed by atoms with Gasteiger partial charge in [-0.25, -0.2) is 10.9 Å². The van der Waals surface area contributed by atoms with E-state index in [0.29, 0.717) is 21.9 Å². The van der Waals surface area contributed by atoms with E-state index in [1.165, 1.54) is 0 Å². The van der Waals surface area contributed by atoms with Crippen LogP contribution < -0.4 is 23.0 Å². The van der Waals surface area contributed by atoms with Crippen LogP contribution in [-0.2, 0) is 11.2 Å². The van der Waals surface area contributed by atoms with Gasteiger partial charge in [0.2, 0.25) is 5.91 Å². The third-order valence-corrected chi connectivity index (χ3v) is 2.21. The fraction of sp³-hybridized carbons (Fsp3) is 0.111. The maximum absolute atomic E-state index is 11.6. The van der Waals surface area contributed by atoms with Crippen molar-refractivity contribution in [2.75, 3.05) is 11.5 Å². The fourth-order valence-corrected chi connectivity index (χ4v) is 1.25. The molecule has 86 valence electrons. The van der Waals surface area contributed by atoms with E-state index in [2.05, 4.69) is 12.2 Å². The molecular formula is C9H13N5OS. The van der Waals surface area contributed by atoms with Crippen molar-refractivity contribution < 1.29 is 4.79 Å². The Labute approximate surface area is 98.1 Å². The second-order valence-corrected chi connectivity index (χ2v) is 3.66. The molecule has 6 nitrogen and oxygen atoms in total. The van der Waals surface area contributed by atoms with Gasteiger partial charge in [-0.1, -0.05) is 0 Å². The van der Waals surface area contributed by atoms with Crippen LogP contribution in [0.5, 0.6) is 0 Å². The van der Waals surface area contributed by atoms with E-state index in [0.717, 1.165) is 0 Å². The first-order valence-electron chi connectivity index (χ1n) is 4.42. The molecule has 0 radical (unpaired) electrons. The lowest BCUT2D eigenvalue weighted by molar-refractivity contribution is -0.126. The SMILES string of the molecule is NC(=S)N(N)C(=O)Cc1cc(N)ccc1N. The molecule has 0 atom stereocenters. The van der Waals surface area contributed by atoms with Crippen LogP contribution in [0.2, 0.25) is 0 Å². The van der Waals surface area contributed by atoms with E-state index >= 15 is 0 Å². The van der Waals surface area contributed by atoms with Gasteiger partial charge in [-0.05, 0) is 36.0 Å². The number of thiocarbonyl (C=S) groups is 1. The molecule has 0 aliphatic carbocycles. The quantitative estimate of drug-likeness (QED) is 0.178. The summed E-state index contributed by atoms with van der Waals surface area (Å²) in [4.78, 5) is 11.6. The number of nitrogens with two attached hydrogens (primary N) is 4. The third kappa shape index (κ3) is 2.81. The predicted molar refractivity (Wildman–Crippen MR) is 66.8 cm³/mol. The molecule has 1 rings (SSSR count). The van der Waals surface area contributed by atoms with Gasteiger partial charge in [0.25, 0.3) is 0 Å². The van der Waals surface area contributed by atoms with Crippen molar-refractivity contribution in [1.82, 2.24) is 5.01 Å². The number of rotatable bonds is 2. The van der Waals surface area contributed by atoms with Crippen LogP contribution in [0, 0.1) is 0 Å². The fourth-order valence-electron chi connectivity index (χ4n) is 1.15. The molecule has 0 spiro atoms. The molecule has 1 amide bonds. The number of hydrogen-bond acceptors (Lipinski definition) is 5. The summed E-state index contributed by atoms with van der Waals surface area (Å²) in [6, 6.07) is 4.89. The third-order valence-electron chi connectivity index (χ3n) is 2.01. The number of carbonyl (C=O) groups is 1. The maximum atomic E-state index is 11.6. The van der Waals surface area contributed by atoms with Gasteiger partial charge in [-0.2, -0.15) is 0 Å². The molecule has 0 heterocycles. The number of benzene rings is 1. The van der Waals surface area contributed by atoms with Gasteiger partial charge in [0, 0.05) is 11.4 Å². The van der Waals surface area contributed by atoms with Gasteiger partial charge in [0.05, 0.1) is 6.42 Å². The zero-order valence-electron chi connectivity index (χ0n) is 8.51. The highest BCUT2D eigenvalue weighted by molar-refractivity contribution is 7.80. The van der Waals surface area contributed by atoms with Gasteiger partial charge in [-0.3, -0.25) is 4.79 Å². The average molecular weight is 239 g/mol. The van der Waals surface area contributed by atoms with E-state index < -0.39 is 5.91 Å². The van der Waals surface area contributed by atoms with Gasteiger partial charge >= 0.3 is 0 Å². The number of carbonyl (C=O) groups excluding carboxylic acids is 1. The first kappa shape index (κ1) is 12.2. The van der Waals surface area contributed by atoms with E-state index in [-0.39, 0.29) is 11.5 Å². The first-order chi connectivity index (χ1) is 7.41.